The van der Waals surface area contributed by atoms with Crippen molar-refractivity contribution in [3.63, 3.8) is 0 Å². The van der Waals surface area contributed by atoms with Gasteiger partial charge in [-0.15, -0.1) is 5.10 Å². The Morgan fingerprint density at radius 3 is 2.79 bits per heavy atom. The first kappa shape index (κ1) is 18.7. The molecular formula is C21H22N6O2. The van der Waals surface area contributed by atoms with Crippen molar-refractivity contribution in [3.05, 3.63) is 65.6 Å². The zero-order valence-corrected chi connectivity index (χ0v) is 16.6. The molecule has 0 saturated heterocycles. The first-order chi connectivity index (χ1) is 14.1. The summed E-state index contributed by atoms with van der Waals surface area (Å²) in [6, 6.07) is 11.7. The van der Waals surface area contributed by atoms with Crippen molar-refractivity contribution in [3.8, 4) is 11.4 Å². The van der Waals surface area contributed by atoms with Gasteiger partial charge in [-0.1, -0.05) is 12.1 Å². The first-order valence-electron chi connectivity index (χ1n) is 9.33. The van der Waals surface area contributed by atoms with E-state index in [1.165, 1.54) is 11.0 Å². The number of rotatable bonds is 6. The maximum absolute atomic E-state index is 12.9. The highest BCUT2D eigenvalue weighted by Crippen LogP contribution is 2.26. The number of aromatic nitrogens is 5. The summed E-state index contributed by atoms with van der Waals surface area (Å²) in [6.45, 7) is 5.09. The predicted octanol–water partition coefficient (Wildman–Crippen LogP) is 2.67. The number of carbonyl (C=O) groups is 1. The van der Waals surface area contributed by atoms with Crippen molar-refractivity contribution in [2.24, 2.45) is 0 Å². The fourth-order valence-electron chi connectivity index (χ4n) is 3.50. The van der Waals surface area contributed by atoms with E-state index in [-0.39, 0.29) is 5.91 Å². The molecule has 0 spiro atoms. The van der Waals surface area contributed by atoms with Crippen LogP contribution in [0.25, 0.3) is 16.6 Å². The van der Waals surface area contributed by atoms with E-state index in [9.17, 15) is 4.79 Å². The normalized spacial score (nSPS) is 11.0. The number of aryl methyl sites for hydroxylation is 1. The van der Waals surface area contributed by atoms with E-state index >= 15 is 0 Å². The number of nitrogens with one attached hydrogen (secondary N) is 1. The molecule has 8 nitrogen and oxygen atoms in total. The Labute approximate surface area is 168 Å². The quantitative estimate of drug-likeness (QED) is 0.547. The van der Waals surface area contributed by atoms with Gasteiger partial charge in [0.1, 0.15) is 12.1 Å². The summed E-state index contributed by atoms with van der Waals surface area (Å²) in [5.41, 5.74) is 4.34. The van der Waals surface area contributed by atoms with Gasteiger partial charge in [-0.2, -0.15) is 4.68 Å². The number of methoxy groups -OCH3 is 1. The lowest BCUT2D eigenvalue weighted by atomic mass is 10.0. The largest absolute Gasteiger partial charge is 0.496 e. The number of hydrogen-bond donors (Lipinski definition) is 1. The molecule has 1 amide bonds. The van der Waals surface area contributed by atoms with Gasteiger partial charge < -0.3 is 14.6 Å². The molecule has 0 saturated carbocycles. The minimum atomic E-state index is -0.160. The molecule has 4 rings (SSSR count). The number of amides is 1. The maximum atomic E-state index is 12.9. The van der Waals surface area contributed by atoms with Gasteiger partial charge in [0.2, 0.25) is 0 Å². The van der Waals surface area contributed by atoms with Crippen LogP contribution in [0.1, 0.15) is 21.5 Å². The standard InChI is InChI=1S/C21H22N6O2/c1-14-7-8-17(20(15(14)2)27-13-23-24-25-27)21(28)22-10-12-26-11-9-16-18(26)5-4-6-19(16)29-3/h4-9,11,13H,10,12H2,1-3H3,(H,22,28). The van der Waals surface area contributed by atoms with E-state index < -0.39 is 0 Å². The summed E-state index contributed by atoms with van der Waals surface area (Å²) in [7, 11) is 1.66. The highest BCUT2D eigenvalue weighted by atomic mass is 16.5. The van der Waals surface area contributed by atoms with E-state index in [4.69, 9.17) is 4.74 Å². The second kappa shape index (κ2) is 7.75. The number of benzene rings is 2. The molecular weight excluding hydrogens is 368 g/mol. The molecule has 8 heteroatoms. The van der Waals surface area contributed by atoms with Crippen molar-refractivity contribution >= 4 is 16.8 Å². The average molecular weight is 390 g/mol. The van der Waals surface area contributed by atoms with E-state index in [2.05, 4.69) is 25.4 Å². The fraction of sp³-hybridized carbons (Fsp3) is 0.238. The van der Waals surface area contributed by atoms with Crippen LogP contribution in [0.5, 0.6) is 5.75 Å². The van der Waals surface area contributed by atoms with Crippen molar-refractivity contribution in [2.75, 3.05) is 13.7 Å². The molecule has 0 aliphatic carbocycles. The average Bonchev–Trinajstić information content (AvgIpc) is 3.40. The summed E-state index contributed by atoms with van der Waals surface area (Å²) in [6.07, 6.45) is 3.50. The van der Waals surface area contributed by atoms with E-state index in [0.29, 0.717) is 24.3 Å². The summed E-state index contributed by atoms with van der Waals surface area (Å²) in [5, 5.41) is 15.4. The van der Waals surface area contributed by atoms with Gasteiger partial charge in [-0.05, 0) is 59.7 Å². The Morgan fingerprint density at radius 1 is 1.17 bits per heavy atom. The smallest absolute Gasteiger partial charge is 0.253 e. The molecule has 29 heavy (non-hydrogen) atoms. The van der Waals surface area contributed by atoms with Crippen LogP contribution in [0.4, 0.5) is 0 Å². The van der Waals surface area contributed by atoms with Crippen LogP contribution >= 0.6 is 0 Å². The lowest BCUT2D eigenvalue weighted by molar-refractivity contribution is 0.0952. The predicted molar refractivity (Wildman–Crippen MR) is 109 cm³/mol. The molecule has 0 fully saturated rings. The number of nitrogens with zero attached hydrogens (tertiary/aromatic N) is 5. The molecule has 2 aromatic heterocycles. The fourth-order valence-corrected chi connectivity index (χ4v) is 3.50. The van der Waals surface area contributed by atoms with Crippen LogP contribution in [0, 0.1) is 13.8 Å². The Morgan fingerprint density at radius 2 is 2.03 bits per heavy atom. The van der Waals surface area contributed by atoms with Gasteiger partial charge in [-0.3, -0.25) is 4.79 Å². The van der Waals surface area contributed by atoms with Gasteiger partial charge in [0.25, 0.3) is 5.91 Å². The van der Waals surface area contributed by atoms with Crippen LogP contribution < -0.4 is 10.1 Å². The lowest BCUT2D eigenvalue weighted by Gasteiger charge is -2.14. The lowest BCUT2D eigenvalue weighted by Crippen LogP contribution is -2.28. The van der Waals surface area contributed by atoms with Crippen molar-refractivity contribution < 1.29 is 9.53 Å². The van der Waals surface area contributed by atoms with Crippen molar-refractivity contribution in [1.82, 2.24) is 30.1 Å². The van der Waals surface area contributed by atoms with Crippen LogP contribution in [-0.4, -0.2) is 44.3 Å². The molecule has 0 atom stereocenters. The topological polar surface area (TPSA) is 86.9 Å². The third-order valence-electron chi connectivity index (χ3n) is 5.16. The maximum Gasteiger partial charge on any atom is 0.253 e. The highest BCUT2D eigenvalue weighted by molar-refractivity contribution is 5.98. The van der Waals surface area contributed by atoms with Crippen LogP contribution in [0.15, 0.2) is 48.9 Å². The number of hydrogen-bond acceptors (Lipinski definition) is 5. The molecule has 0 radical (unpaired) electrons. The molecule has 148 valence electrons. The molecule has 4 aromatic rings. The highest BCUT2D eigenvalue weighted by Gasteiger charge is 2.17. The number of ether oxygens (including phenoxy) is 1. The van der Waals surface area contributed by atoms with Crippen LogP contribution in [0.3, 0.4) is 0 Å². The second-order valence-corrected chi connectivity index (χ2v) is 6.82. The molecule has 2 aromatic carbocycles. The van der Waals surface area contributed by atoms with Crippen LogP contribution in [0.2, 0.25) is 0 Å². The minimum absolute atomic E-state index is 0.160. The monoisotopic (exact) mass is 390 g/mol. The Hall–Kier alpha value is -3.68. The summed E-state index contributed by atoms with van der Waals surface area (Å²) < 4.78 is 9.04. The SMILES string of the molecule is COc1cccc2c1ccn2CCNC(=O)c1ccc(C)c(C)c1-n1cnnn1. The Kier molecular flexibility index (Phi) is 4.99. The summed E-state index contributed by atoms with van der Waals surface area (Å²) >= 11 is 0. The number of tetrazole rings is 1. The van der Waals surface area contributed by atoms with Gasteiger partial charge in [0.15, 0.2) is 0 Å². The first-order valence-corrected chi connectivity index (χ1v) is 9.33. The molecule has 1 N–H and O–H groups in total. The van der Waals surface area contributed by atoms with E-state index in [0.717, 1.165) is 27.8 Å². The van der Waals surface area contributed by atoms with Crippen molar-refractivity contribution in [1.29, 1.82) is 0 Å². The molecule has 2 heterocycles. The van der Waals surface area contributed by atoms with Gasteiger partial charge in [0, 0.05) is 24.7 Å². The van der Waals surface area contributed by atoms with Crippen molar-refractivity contribution in [2.45, 2.75) is 20.4 Å². The van der Waals surface area contributed by atoms with Gasteiger partial charge in [-0.25, -0.2) is 0 Å². The van der Waals surface area contributed by atoms with E-state index in [1.54, 1.807) is 7.11 Å². The molecule has 0 bridgehead atoms. The third kappa shape index (κ3) is 3.44. The molecule has 0 aliphatic heterocycles. The minimum Gasteiger partial charge on any atom is -0.496 e. The number of carbonyl (C=O) groups excluding carboxylic acids is 1. The van der Waals surface area contributed by atoms with Gasteiger partial charge in [0.05, 0.1) is 23.9 Å². The molecule has 0 aliphatic rings. The van der Waals surface area contributed by atoms with Gasteiger partial charge >= 0.3 is 0 Å². The Balaban J connectivity index is 1.52. The zero-order chi connectivity index (χ0) is 20.4. The second-order valence-electron chi connectivity index (χ2n) is 6.82. The summed E-state index contributed by atoms with van der Waals surface area (Å²) in [5.74, 6) is 0.680. The zero-order valence-electron chi connectivity index (χ0n) is 16.6. The number of fused-ring (bicyclic) bond motifs is 1. The molecule has 0 unspecified atom stereocenters. The van der Waals surface area contributed by atoms with E-state index in [1.807, 2.05) is 56.4 Å². The third-order valence-corrected chi connectivity index (χ3v) is 5.16. The summed E-state index contributed by atoms with van der Waals surface area (Å²) in [4.78, 5) is 12.9. The Bertz CT molecular complexity index is 1160. The van der Waals surface area contributed by atoms with Crippen LogP contribution in [-0.2, 0) is 6.54 Å².